The molecule has 224 valence electrons. The third-order valence-electron chi connectivity index (χ3n) is 13.7. The molecule has 5 heteroatoms. The van der Waals surface area contributed by atoms with Gasteiger partial charge in [0.1, 0.15) is 11.5 Å². The summed E-state index contributed by atoms with van der Waals surface area (Å²) in [6.45, 7) is 4.63. The summed E-state index contributed by atoms with van der Waals surface area (Å²) < 4.78 is 11.4. The van der Waals surface area contributed by atoms with Crippen LogP contribution in [0.5, 0.6) is 11.5 Å². The van der Waals surface area contributed by atoms with Gasteiger partial charge in [0.15, 0.2) is 0 Å². The number of aliphatic hydroxyl groups is 2. The molecule has 0 heterocycles. The van der Waals surface area contributed by atoms with Gasteiger partial charge < -0.3 is 19.7 Å². The number of carbonyl (C=O) groups excluding carboxylic acids is 1. The fraction of sp³-hybridized carbons (Fsp3) is 0.649. The van der Waals surface area contributed by atoms with Crippen molar-refractivity contribution in [1.29, 1.82) is 0 Å². The van der Waals surface area contributed by atoms with Gasteiger partial charge in [-0.25, -0.2) is 4.79 Å². The summed E-state index contributed by atoms with van der Waals surface area (Å²) in [6.07, 6.45) is 11.9. The van der Waals surface area contributed by atoms with Crippen molar-refractivity contribution in [2.45, 2.75) is 115 Å². The number of hydrogen-bond donors (Lipinski definition) is 2. The first-order valence-corrected chi connectivity index (χ1v) is 16.8. The highest BCUT2D eigenvalue weighted by Crippen LogP contribution is 2.62. The Hall–Kier alpha value is -2.37. The van der Waals surface area contributed by atoms with Gasteiger partial charge in [0.05, 0.1) is 12.2 Å². The molecule has 2 aromatic carbocycles. The lowest BCUT2D eigenvalue weighted by atomic mass is 9.55. The third-order valence-corrected chi connectivity index (χ3v) is 13.7. The summed E-state index contributed by atoms with van der Waals surface area (Å²) in [6, 6.07) is 12.3. The third kappa shape index (κ3) is 4.05. The van der Waals surface area contributed by atoms with Crippen LogP contribution < -0.4 is 9.47 Å². The number of fused-ring (bicyclic) bond motifs is 10. The van der Waals surface area contributed by atoms with Crippen LogP contribution in [0.4, 0.5) is 4.79 Å². The summed E-state index contributed by atoms with van der Waals surface area (Å²) in [5, 5.41) is 21.4. The molecule has 0 aromatic heterocycles. The van der Waals surface area contributed by atoms with Crippen LogP contribution in [0.15, 0.2) is 36.4 Å². The van der Waals surface area contributed by atoms with Gasteiger partial charge in [-0.3, -0.25) is 0 Å². The van der Waals surface area contributed by atoms with Crippen LogP contribution in [-0.2, 0) is 12.8 Å². The number of benzene rings is 2. The molecular weight excluding hydrogens is 524 g/mol. The molecule has 6 unspecified atom stereocenters. The molecule has 4 fully saturated rings. The van der Waals surface area contributed by atoms with Crippen molar-refractivity contribution in [2.24, 2.45) is 34.5 Å². The number of hydrogen-bond acceptors (Lipinski definition) is 5. The minimum atomic E-state index is -0.681. The number of aliphatic hydroxyl groups excluding tert-OH is 2. The highest BCUT2D eigenvalue weighted by Gasteiger charge is 2.55. The van der Waals surface area contributed by atoms with E-state index in [1.807, 2.05) is 24.3 Å². The Morgan fingerprint density at radius 3 is 1.57 bits per heavy atom. The summed E-state index contributed by atoms with van der Waals surface area (Å²) in [4.78, 5) is 12.9. The molecule has 0 amide bonds. The van der Waals surface area contributed by atoms with Gasteiger partial charge in [0.2, 0.25) is 0 Å². The van der Waals surface area contributed by atoms with E-state index in [-0.39, 0.29) is 23.0 Å². The van der Waals surface area contributed by atoms with Crippen molar-refractivity contribution in [3.05, 3.63) is 58.7 Å². The van der Waals surface area contributed by atoms with E-state index < -0.39 is 6.16 Å². The quantitative estimate of drug-likeness (QED) is 0.286. The molecule has 10 atom stereocenters. The second-order valence-electron chi connectivity index (χ2n) is 15.3. The van der Waals surface area contributed by atoms with Crippen LogP contribution >= 0.6 is 0 Å². The van der Waals surface area contributed by atoms with Gasteiger partial charge in [-0.15, -0.1) is 0 Å². The van der Waals surface area contributed by atoms with E-state index in [1.54, 1.807) is 0 Å². The molecule has 2 aromatic rings. The lowest BCUT2D eigenvalue weighted by Crippen LogP contribution is -2.43. The lowest BCUT2D eigenvalue weighted by Gasteiger charge is -2.50. The molecule has 6 aliphatic rings. The van der Waals surface area contributed by atoms with Crippen molar-refractivity contribution >= 4 is 6.16 Å². The first-order chi connectivity index (χ1) is 20.2. The molecule has 0 saturated heterocycles. The molecule has 8 rings (SSSR count). The highest BCUT2D eigenvalue weighted by atomic mass is 16.7. The molecule has 0 bridgehead atoms. The zero-order chi connectivity index (χ0) is 28.8. The number of rotatable bonds is 2. The van der Waals surface area contributed by atoms with E-state index in [1.165, 1.54) is 22.3 Å². The molecule has 5 nitrogen and oxygen atoms in total. The van der Waals surface area contributed by atoms with Crippen molar-refractivity contribution in [2.75, 3.05) is 0 Å². The molecule has 2 N–H and O–H groups in total. The monoisotopic (exact) mass is 570 g/mol. The minimum Gasteiger partial charge on any atom is -0.395 e. The van der Waals surface area contributed by atoms with E-state index in [0.29, 0.717) is 47.0 Å². The fourth-order valence-electron chi connectivity index (χ4n) is 11.4. The second-order valence-corrected chi connectivity index (χ2v) is 15.3. The molecule has 0 spiro atoms. The Morgan fingerprint density at radius 1 is 0.667 bits per heavy atom. The maximum Gasteiger partial charge on any atom is 0.519 e. The summed E-state index contributed by atoms with van der Waals surface area (Å²) in [5.41, 5.74) is 5.59. The number of aryl methyl sites for hydroxylation is 2. The van der Waals surface area contributed by atoms with Crippen molar-refractivity contribution < 1.29 is 24.5 Å². The summed E-state index contributed by atoms with van der Waals surface area (Å²) >= 11 is 0. The predicted molar refractivity (Wildman–Crippen MR) is 161 cm³/mol. The molecule has 6 aliphatic carbocycles. The van der Waals surface area contributed by atoms with E-state index >= 15 is 0 Å². The molecule has 0 aliphatic heterocycles. The zero-order valence-corrected chi connectivity index (χ0v) is 25.2. The van der Waals surface area contributed by atoms with Crippen LogP contribution in [0.1, 0.15) is 112 Å². The first-order valence-electron chi connectivity index (χ1n) is 16.8. The fourth-order valence-corrected chi connectivity index (χ4v) is 11.4. The van der Waals surface area contributed by atoms with E-state index in [9.17, 15) is 15.0 Å². The Bertz CT molecular complexity index is 1300. The minimum absolute atomic E-state index is 0.0845. The van der Waals surface area contributed by atoms with Crippen LogP contribution in [0.25, 0.3) is 0 Å². The number of carbonyl (C=O) groups is 1. The van der Waals surface area contributed by atoms with E-state index in [2.05, 4.69) is 26.0 Å². The van der Waals surface area contributed by atoms with Crippen molar-refractivity contribution in [3.63, 3.8) is 0 Å². The van der Waals surface area contributed by atoms with Crippen LogP contribution in [-0.4, -0.2) is 28.6 Å². The van der Waals surface area contributed by atoms with Gasteiger partial charge in [-0.05, 0) is 170 Å². The molecule has 42 heavy (non-hydrogen) atoms. The highest BCUT2D eigenvalue weighted by molar-refractivity contribution is 5.67. The topological polar surface area (TPSA) is 76.0 Å². The maximum absolute atomic E-state index is 12.9. The van der Waals surface area contributed by atoms with Crippen LogP contribution in [0, 0.1) is 34.5 Å². The normalized spacial score (nSPS) is 41.4. The average molecular weight is 571 g/mol. The van der Waals surface area contributed by atoms with Gasteiger partial charge in [-0.1, -0.05) is 26.0 Å². The van der Waals surface area contributed by atoms with Gasteiger partial charge in [0.25, 0.3) is 0 Å². The van der Waals surface area contributed by atoms with E-state index in [4.69, 9.17) is 9.47 Å². The number of ether oxygens (including phenoxy) is 2. The molecule has 4 saturated carbocycles. The molecular formula is C37H46O5. The Labute approximate surface area is 250 Å². The average Bonchev–Trinajstić information content (AvgIpc) is 3.46. The predicted octanol–water partition coefficient (Wildman–Crippen LogP) is 7.70. The Kier molecular flexibility index (Phi) is 6.36. The van der Waals surface area contributed by atoms with Crippen LogP contribution in [0.3, 0.4) is 0 Å². The van der Waals surface area contributed by atoms with Gasteiger partial charge in [-0.2, -0.15) is 0 Å². The van der Waals surface area contributed by atoms with E-state index in [0.717, 1.165) is 77.0 Å². The van der Waals surface area contributed by atoms with Crippen molar-refractivity contribution in [3.8, 4) is 11.5 Å². The summed E-state index contributed by atoms with van der Waals surface area (Å²) in [5.74, 6) is 4.72. The second kappa shape index (κ2) is 9.82. The SMILES string of the molecule is C[C@]12CCC3c4ccc(OC(=O)Oc5ccc6c(c5)CCC5C6CC[C@@]6(C)C5CC[C@@H]6O)cc4CCC3C1CC[C@@H]2O. The summed E-state index contributed by atoms with van der Waals surface area (Å²) in [7, 11) is 0. The van der Waals surface area contributed by atoms with Gasteiger partial charge >= 0.3 is 6.16 Å². The smallest absolute Gasteiger partial charge is 0.395 e. The Morgan fingerprint density at radius 2 is 1.12 bits per heavy atom. The Balaban J connectivity index is 0.934. The zero-order valence-electron chi connectivity index (χ0n) is 25.2. The maximum atomic E-state index is 12.9. The first kappa shape index (κ1) is 27.2. The van der Waals surface area contributed by atoms with Crippen LogP contribution in [0.2, 0.25) is 0 Å². The van der Waals surface area contributed by atoms with Gasteiger partial charge in [0, 0.05) is 0 Å². The lowest BCUT2D eigenvalue weighted by molar-refractivity contribution is -0.0226. The largest absolute Gasteiger partial charge is 0.519 e. The molecule has 0 radical (unpaired) electrons. The standard InChI is InChI=1S/C37H46O5/c1-36-17-15-27-25-9-5-23(19-21(25)3-7-29(27)31(36)11-13-33(36)38)41-35(40)42-24-6-10-26-22(20-24)4-8-30-28(26)16-18-37(2)32(30)12-14-34(37)39/h5-6,9-10,19-20,27-34,38-39H,3-4,7-8,11-18H2,1-2H3/t27?,28?,29?,30?,31?,32?,33-,34-,36-,37-/m0/s1. The van der Waals surface area contributed by atoms with Crippen molar-refractivity contribution in [1.82, 2.24) is 0 Å².